The average molecular weight is 185 g/mol. The fourth-order valence-electron chi connectivity index (χ4n) is 1.42. The molecule has 0 N–H and O–H groups in total. The zero-order valence-corrected chi connectivity index (χ0v) is 8.23. The van der Waals surface area contributed by atoms with Gasteiger partial charge >= 0.3 is 0 Å². The number of fused-ring (bicyclic) bond motifs is 1. The molecule has 0 aliphatic carbocycles. The van der Waals surface area contributed by atoms with E-state index in [0.29, 0.717) is 5.92 Å². The molecule has 0 unspecified atom stereocenters. The summed E-state index contributed by atoms with van der Waals surface area (Å²) < 4.78 is 1.49. The Bertz CT molecular complexity index is 503. The van der Waals surface area contributed by atoms with Crippen molar-refractivity contribution in [2.24, 2.45) is 0 Å². The van der Waals surface area contributed by atoms with Gasteiger partial charge < -0.3 is 0 Å². The van der Waals surface area contributed by atoms with Gasteiger partial charge in [0, 0.05) is 17.3 Å². The van der Waals surface area contributed by atoms with Crippen LogP contribution in [0.2, 0.25) is 0 Å². The van der Waals surface area contributed by atoms with E-state index in [1.54, 1.807) is 6.20 Å². The first-order valence-electron chi connectivity index (χ1n) is 4.60. The van der Waals surface area contributed by atoms with Crippen LogP contribution in [-0.4, -0.2) is 9.55 Å². The lowest BCUT2D eigenvalue weighted by molar-refractivity contribution is 0.826. The largest absolute Gasteiger partial charge is 0.237 e. The number of aromatic nitrogens is 2. The molecule has 70 valence electrons. The lowest BCUT2D eigenvalue weighted by Gasteiger charge is -2.03. The maximum atomic E-state index is 8.83. The molecule has 0 aromatic carbocycles. The van der Waals surface area contributed by atoms with Gasteiger partial charge in [-0.1, -0.05) is 13.8 Å². The summed E-state index contributed by atoms with van der Waals surface area (Å²) in [7, 11) is 0. The Morgan fingerprint density at radius 3 is 2.79 bits per heavy atom. The van der Waals surface area contributed by atoms with E-state index in [2.05, 4.69) is 25.0 Å². The van der Waals surface area contributed by atoms with Crippen LogP contribution in [0.5, 0.6) is 0 Å². The van der Waals surface area contributed by atoms with Crippen molar-refractivity contribution in [3.8, 4) is 6.19 Å². The van der Waals surface area contributed by atoms with Crippen molar-refractivity contribution in [1.82, 2.24) is 9.55 Å². The number of nitriles is 1. The molecule has 0 aliphatic rings. The molecule has 0 aliphatic heterocycles. The maximum Gasteiger partial charge on any atom is 0.190 e. The first kappa shape index (κ1) is 8.76. The van der Waals surface area contributed by atoms with Crippen molar-refractivity contribution in [2.75, 3.05) is 0 Å². The van der Waals surface area contributed by atoms with E-state index >= 15 is 0 Å². The first-order valence-corrected chi connectivity index (χ1v) is 4.60. The minimum atomic E-state index is 0.390. The van der Waals surface area contributed by atoms with Gasteiger partial charge in [-0.25, -0.2) is 9.55 Å². The van der Waals surface area contributed by atoms with Gasteiger partial charge in [0.2, 0.25) is 0 Å². The van der Waals surface area contributed by atoms with Crippen molar-refractivity contribution in [1.29, 1.82) is 5.26 Å². The molecule has 0 saturated heterocycles. The van der Waals surface area contributed by atoms with Crippen molar-refractivity contribution in [3.05, 3.63) is 30.1 Å². The van der Waals surface area contributed by atoms with Crippen LogP contribution >= 0.6 is 0 Å². The van der Waals surface area contributed by atoms with Crippen LogP contribution in [0.3, 0.4) is 0 Å². The van der Waals surface area contributed by atoms with E-state index in [-0.39, 0.29) is 0 Å². The normalized spacial score (nSPS) is 10.7. The summed E-state index contributed by atoms with van der Waals surface area (Å²) in [4.78, 5) is 4.45. The van der Waals surface area contributed by atoms with Gasteiger partial charge in [0.05, 0.1) is 0 Å². The van der Waals surface area contributed by atoms with E-state index in [1.807, 2.05) is 18.2 Å². The van der Waals surface area contributed by atoms with Crippen LogP contribution in [-0.2, 0) is 0 Å². The lowest BCUT2D eigenvalue weighted by atomic mass is 10.1. The van der Waals surface area contributed by atoms with E-state index in [4.69, 9.17) is 5.26 Å². The minimum Gasteiger partial charge on any atom is -0.237 e. The Labute approximate surface area is 82.6 Å². The molecule has 0 radical (unpaired) electrons. The maximum absolute atomic E-state index is 8.83. The molecular formula is C11H11N3. The van der Waals surface area contributed by atoms with E-state index in [1.165, 1.54) is 4.57 Å². The van der Waals surface area contributed by atoms with Crippen LogP contribution in [0.25, 0.3) is 11.0 Å². The fraction of sp³-hybridized carbons (Fsp3) is 0.273. The third kappa shape index (κ3) is 1.25. The predicted molar refractivity (Wildman–Crippen MR) is 54.8 cm³/mol. The number of pyridine rings is 1. The van der Waals surface area contributed by atoms with Crippen LogP contribution in [0, 0.1) is 11.5 Å². The molecule has 14 heavy (non-hydrogen) atoms. The highest BCUT2D eigenvalue weighted by Crippen LogP contribution is 2.17. The highest BCUT2D eigenvalue weighted by molar-refractivity contribution is 5.77. The van der Waals surface area contributed by atoms with E-state index in [0.717, 1.165) is 16.7 Å². The molecule has 0 spiro atoms. The summed E-state index contributed by atoms with van der Waals surface area (Å²) in [6, 6.07) is 5.91. The Morgan fingerprint density at radius 1 is 1.36 bits per heavy atom. The second kappa shape index (κ2) is 3.15. The molecular weight excluding hydrogens is 174 g/mol. The summed E-state index contributed by atoms with van der Waals surface area (Å²) in [6.45, 7) is 4.18. The quantitative estimate of drug-likeness (QED) is 0.684. The van der Waals surface area contributed by atoms with Crippen LogP contribution in [0.15, 0.2) is 24.4 Å². The third-order valence-electron chi connectivity index (χ3n) is 2.26. The Balaban J connectivity index is 2.69. The molecule has 2 aromatic rings. The van der Waals surface area contributed by atoms with Crippen molar-refractivity contribution in [3.63, 3.8) is 0 Å². The van der Waals surface area contributed by atoms with Crippen molar-refractivity contribution < 1.29 is 0 Å². The summed E-state index contributed by atoms with van der Waals surface area (Å²) in [5.41, 5.74) is 1.77. The summed E-state index contributed by atoms with van der Waals surface area (Å²) >= 11 is 0. The zero-order chi connectivity index (χ0) is 10.1. The molecule has 0 amide bonds. The van der Waals surface area contributed by atoms with Gasteiger partial charge in [0.25, 0.3) is 0 Å². The molecule has 2 rings (SSSR count). The number of nitrogens with zero attached hydrogens (tertiary/aromatic N) is 3. The number of hydrogen-bond acceptors (Lipinski definition) is 2. The Hall–Kier alpha value is -1.82. The summed E-state index contributed by atoms with van der Waals surface area (Å²) in [6.07, 6.45) is 3.81. The predicted octanol–water partition coefficient (Wildman–Crippen LogP) is 2.49. The van der Waals surface area contributed by atoms with Crippen LogP contribution in [0.1, 0.15) is 25.5 Å². The van der Waals surface area contributed by atoms with Gasteiger partial charge in [-0.05, 0) is 24.1 Å². The standard InChI is InChI=1S/C11H11N3/c1-8(2)10-4-3-9-5-6-14(7-12)11(9)13-10/h3-6,8H,1-2H3. The van der Waals surface area contributed by atoms with E-state index in [9.17, 15) is 0 Å². The highest BCUT2D eigenvalue weighted by atomic mass is 15.0. The van der Waals surface area contributed by atoms with E-state index < -0.39 is 0 Å². The van der Waals surface area contributed by atoms with Gasteiger partial charge in [0.1, 0.15) is 0 Å². The monoisotopic (exact) mass is 185 g/mol. The van der Waals surface area contributed by atoms with Gasteiger partial charge in [-0.3, -0.25) is 0 Å². The molecule has 2 aromatic heterocycles. The fourth-order valence-corrected chi connectivity index (χ4v) is 1.42. The average Bonchev–Trinajstić information content (AvgIpc) is 2.59. The van der Waals surface area contributed by atoms with Crippen molar-refractivity contribution >= 4 is 11.0 Å². The zero-order valence-electron chi connectivity index (χ0n) is 8.23. The highest BCUT2D eigenvalue weighted by Gasteiger charge is 2.05. The smallest absolute Gasteiger partial charge is 0.190 e. The van der Waals surface area contributed by atoms with Gasteiger partial charge in [-0.2, -0.15) is 5.26 Å². The molecule has 0 atom stereocenters. The second-order valence-electron chi connectivity index (χ2n) is 3.59. The number of rotatable bonds is 1. The van der Waals surface area contributed by atoms with Crippen LogP contribution < -0.4 is 0 Å². The van der Waals surface area contributed by atoms with Gasteiger partial charge in [-0.15, -0.1) is 0 Å². The first-order chi connectivity index (χ1) is 6.72. The van der Waals surface area contributed by atoms with Crippen LogP contribution in [0.4, 0.5) is 0 Å². The molecule has 0 bridgehead atoms. The summed E-state index contributed by atoms with van der Waals surface area (Å²) in [5.74, 6) is 0.390. The van der Waals surface area contributed by atoms with Crippen molar-refractivity contribution in [2.45, 2.75) is 19.8 Å². The summed E-state index contributed by atoms with van der Waals surface area (Å²) in [5, 5.41) is 9.84. The molecule has 0 saturated carbocycles. The molecule has 3 heteroatoms. The second-order valence-corrected chi connectivity index (χ2v) is 3.59. The molecule has 3 nitrogen and oxygen atoms in total. The Kier molecular flexibility index (Phi) is 1.97. The molecule has 2 heterocycles. The van der Waals surface area contributed by atoms with Gasteiger partial charge in [0.15, 0.2) is 11.8 Å². The SMILES string of the molecule is CC(C)c1ccc2ccn(C#N)c2n1. The lowest BCUT2D eigenvalue weighted by Crippen LogP contribution is -1.95. The minimum absolute atomic E-state index is 0.390. The third-order valence-corrected chi connectivity index (χ3v) is 2.26. The Morgan fingerprint density at radius 2 is 2.14 bits per heavy atom. The topological polar surface area (TPSA) is 41.6 Å². The number of hydrogen-bond donors (Lipinski definition) is 0. The molecule has 0 fully saturated rings.